The largest absolute Gasteiger partial charge is 0.488 e. The number of rotatable bonds is 6. The Morgan fingerprint density at radius 1 is 1.18 bits per heavy atom. The Hall–Kier alpha value is -3.07. The van der Waals surface area contributed by atoms with Crippen molar-refractivity contribution in [2.24, 2.45) is 0 Å². The fourth-order valence-electron chi connectivity index (χ4n) is 3.67. The number of likely N-dealkylation sites (tertiary alicyclic amines) is 1. The Morgan fingerprint density at radius 3 is 2.65 bits per heavy atom. The van der Waals surface area contributed by atoms with Crippen LogP contribution in [-0.2, 0) is 16.2 Å². The second-order valence-corrected chi connectivity index (χ2v) is 10.8. The predicted octanol–water partition coefficient (Wildman–Crippen LogP) is 5.19. The van der Waals surface area contributed by atoms with Crippen LogP contribution in [0.4, 0.5) is 18.9 Å². The van der Waals surface area contributed by atoms with Gasteiger partial charge < -0.3 is 9.64 Å². The van der Waals surface area contributed by atoms with Gasteiger partial charge in [0.05, 0.1) is 22.9 Å². The second-order valence-electron chi connectivity index (χ2n) is 7.95. The van der Waals surface area contributed by atoms with Crippen molar-refractivity contribution in [1.29, 1.82) is 5.26 Å². The highest BCUT2D eigenvalue weighted by atomic mass is 32.2. The van der Waals surface area contributed by atoms with Crippen LogP contribution in [0.15, 0.2) is 58.1 Å². The molecule has 1 saturated heterocycles. The lowest BCUT2D eigenvalue weighted by Gasteiger charge is -2.19. The molecule has 4 rings (SSSR count). The number of hydrogen-bond acceptors (Lipinski definition) is 6. The molecule has 1 N–H and O–H groups in total. The highest BCUT2D eigenvalue weighted by molar-refractivity contribution is 7.94. The topological polar surface area (TPSA) is 82.4 Å². The molecule has 1 aromatic heterocycles. The number of nitrogens with one attached hydrogen (secondary N) is 1. The van der Waals surface area contributed by atoms with Crippen LogP contribution in [0.2, 0.25) is 0 Å². The summed E-state index contributed by atoms with van der Waals surface area (Å²) >= 11 is 0.972. The van der Waals surface area contributed by atoms with Gasteiger partial charge in [0.1, 0.15) is 16.1 Å². The molecule has 0 unspecified atom stereocenters. The highest BCUT2D eigenvalue weighted by Gasteiger charge is 2.36. The zero-order chi connectivity index (χ0) is 24.5. The number of thiophene rings is 1. The number of ether oxygens (including phenoxy) is 1. The summed E-state index contributed by atoms with van der Waals surface area (Å²) in [5.41, 5.74) is 0.751. The van der Waals surface area contributed by atoms with E-state index in [2.05, 4.69) is 4.72 Å². The lowest BCUT2D eigenvalue weighted by atomic mass is 10.1. The lowest BCUT2D eigenvalue weighted by molar-refractivity contribution is -0.139. The van der Waals surface area contributed by atoms with Crippen molar-refractivity contribution in [2.75, 3.05) is 24.9 Å². The van der Waals surface area contributed by atoms with Crippen LogP contribution in [0.25, 0.3) is 11.1 Å². The first-order valence-electron chi connectivity index (χ1n) is 10.2. The molecular formula is C23H20F3N3O3S2. The molecule has 0 spiro atoms. The quantitative estimate of drug-likeness (QED) is 0.497. The minimum Gasteiger partial charge on any atom is -0.488 e. The number of nitrogens with zero attached hydrogens (tertiary/aromatic N) is 2. The Labute approximate surface area is 199 Å². The van der Waals surface area contributed by atoms with E-state index in [4.69, 9.17) is 10.00 Å². The van der Waals surface area contributed by atoms with Crippen molar-refractivity contribution in [2.45, 2.75) is 22.9 Å². The average molecular weight is 508 g/mol. The number of hydrogen-bond donors (Lipinski definition) is 1. The minimum atomic E-state index is -4.64. The van der Waals surface area contributed by atoms with Crippen molar-refractivity contribution in [3.05, 3.63) is 65.0 Å². The van der Waals surface area contributed by atoms with Gasteiger partial charge in [-0.15, -0.1) is 11.3 Å². The van der Waals surface area contributed by atoms with E-state index in [1.807, 2.05) is 18.0 Å². The normalized spacial score (nSPS) is 16.9. The number of likely N-dealkylation sites (N-methyl/N-ethyl adjacent to an activating group) is 1. The van der Waals surface area contributed by atoms with Crippen molar-refractivity contribution in [1.82, 2.24) is 4.90 Å². The minimum absolute atomic E-state index is 0.00959. The lowest BCUT2D eigenvalue weighted by Crippen LogP contribution is -2.23. The summed E-state index contributed by atoms with van der Waals surface area (Å²) in [6, 6.07) is 13.2. The molecule has 1 fully saturated rings. The maximum absolute atomic E-state index is 13.5. The molecule has 1 aliphatic rings. The summed E-state index contributed by atoms with van der Waals surface area (Å²) in [6.07, 6.45) is -4.48. The summed E-state index contributed by atoms with van der Waals surface area (Å²) in [6.45, 7) is 1.19. The third-order valence-corrected chi connectivity index (χ3v) is 8.17. The maximum Gasteiger partial charge on any atom is 0.419 e. The Morgan fingerprint density at radius 2 is 1.97 bits per heavy atom. The summed E-state index contributed by atoms with van der Waals surface area (Å²) in [4.78, 5) is 1.95. The van der Waals surface area contributed by atoms with Crippen molar-refractivity contribution >= 4 is 27.0 Å². The van der Waals surface area contributed by atoms with E-state index < -0.39 is 33.6 Å². The van der Waals surface area contributed by atoms with E-state index in [9.17, 15) is 21.6 Å². The first-order chi connectivity index (χ1) is 16.0. The molecule has 34 heavy (non-hydrogen) atoms. The Kier molecular flexibility index (Phi) is 6.58. The number of anilines is 1. The zero-order valence-electron chi connectivity index (χ0n) is 18.0. The van der Waals surface area contributed by atoms with Crippen LogP contribution in [-0.4, -0.2) is 39.6 Å². The van der Waals surface area contributed by atoms with Crippen LogP contribution in [0.1, 0.15) is 17.5 Å². The molecule has 3 aromatic rings. The third kappa shape index (κ3) is 5.35. The fraction of sp³-hybridized carbons (Fsp3) is 0.261. The molecule has 0 radical (unpaired) electrons. The first kappa shape index (κ1) is 24.1. The molecule has 6 nitrogen and oxygen atoms in total. The van der Waals surface area contributed by atoms with Crippen LogP contribution in [0.3, 0.4) is 0 Å². The Balaban J connectivity index is 1.59. The van der Waals surface area contributed by atoms with Gasteiger partial charge in [-0.05, 0) is 60.3 Å². The van der Waals surface area contributed by atoms with E-state index in [-0.39, 0.29) is 9.90 Å². The molecule has 0 amide bonds. The molecule has 178 valence electrons. The smallest absolute Gasteiger partial charge is 0.419 e. The standard InChI is InChI=1S/C23H20F3N3O3S2/c1-29-8-7-19(13-29)32-21-11-18(5-6-20(21)23(24,25)26)28-34(30,31)22-10-17(14-33-22)16-4-2-3-15(9-16)12-27/h2-6,9-11,14,19,28H,7-8,13H2,1H3/t19-/m1/s1. The van der Waals surface area contributed by atoms with E-state index >= 15 is 0 Å². The highest BCUT2D eigenvalue weighted by Crippen LogP contribution is 2.39. The molecule has 2 heterocycles. The Bertz CT molecular complexity index is 1350. The predicted molar refractivity (Wildman–Crippen MR) is 123 cm³/mol. The van der Waals surface area contributed by atoms with Gasteiger partial charge in [-0.25, -0.2) is 8.42 Å². The number of sulfonamides is 1. The van der Waals surface area contributed by atoms with Crippen LogP contribution < -0.4 is 9.46 Å². The second kappa shape index (κ2) is 9.29. The van der Waals surface area contributed by atoms with Crippen LogP contribution in [0.5, 0.6) is 5.75 Å². The summed E-state index contributed by atoms with van der Waals surface area (Å²) in [5.74, 6) is -0.409. The monoisotopic (exact) mass is 507 g/mol. The molecule has 11 heteroatoms. The van der Waals surface area contributed by atoms with Gasteiger partial charge in [0, 0.05) is 19.2 Å². The van der Waals surface area contributed by atoms with Crippen molar-refractivity contribution in [3.8, 4) is 22.9 Å². The van der Waals surface area contributed by atoms with Gasteiger partial charge in [0.15, 0.2) is 0 Å². The van der Waals surface area contributed by atoms with Gasteiger partial charge >= 0.3 is 6.18 Å². The average Bonchev–Trinajstić information content (AvgIpc) is 3.43. The van der Waals surface area contributed by atoms with Crippen LogP contribution >= 0.6 is 11.3 Å². The molecule has 0 aliphatic carbocycles. The summed E-state index contributed by atoms with van der Waals surface area (Å²) in [5, 5.41) is 10.7. The van der Waals surface area contributed by atoms with E-state index in [1.54, 1.807) is 29.6 Å². The van der Waals surface area contributed by atoms with Crippen molar-refractivity contribution < 1.29 is 26.3 Å². The number of alkyl halides is 3. The first-order valence-corrected chi connectivity index (χ1v) is 12.6. The van der Waals surface area contributed by atoms with Gasteiger partial charge in [0.25, 0.3) is 10.0 Å². The van der Waals surface area contributed by atoms with E-state index in [1.165, 1.54) is 6.07 Å². The van der Waals surface area contributed by atoms with Crippen LogP contribution in [0, 0.1) is 11.3 Å². The van der Waals surface area contributed by atoms with Gasteiger partial charge in [-0.1, -0.05) is 12.1 Å². The SMILES string of the molecule is CN1CC[C@@H](Oc2cc(NS(=O)(=O)c3cc(-c4cccc(C#N)c4)cs3)ccc2C(F)(F)F)C1. The van der Waals surface area contributed by atoms with E-state index in [0.29, 0.717) is 36.2 Å². The molecule has 0 bridgehead atoms. The molecule has 2 aromatic carbocycles. The van der Waals surface area contributed by atoms with E-state index in [0.717, 1.165) is 29.5 Å². The van der Waals surface area contributed by atoms with Gasteiger partial charge in [0.2, 0.25) is 0 Å². The number of halogens is 3. The van der Waals surface area contributed by atoms with Gasteiger partial charge in [-0.2, -0.15) is 18.4 Å². The summed E-state index contributed by atoms with van der Waals surface area (Å²) in [7, 11) is -2.21. The van der Waals surface area contributed by atoms with Gasteiger partial charge in [-0.3, -0.25) is 4.72 Å². The molecule has 0 saturated carbocycles. The number of nitriles is 1. The molecular weight excluding hydrogens is 487 g/mol. The maximum atomic E-state index is 13.5. The van der Waals surface area contributed by atoms with Crippen molar-refractivity contribution in [3.63, 3.8) is 0 Å². The zero-order valence-corrected chi connectivity index (χ0v) is 19.6. The fourth-order valence-corrected chi connectivity index (χ4v) is 5.91. The molecule has 1 atom stereocenters. The third-order valence-electron chi connectivity index (χ3n) is 5.35. The molecule has 1 aliphatic heterocycles. The number of benzene rings is 2. The summed E-state index contributed by atoms with van der Waals surface area (Å²) < 4.78 is 74.3.